The van der Waals surface area contributed by atoms with Crippen LogP contribution in [0.5, 0.6) is 5.75 Å². The van der Waals surface area contributed by atoms with E-state index in [0.717, 1.165) is 57.2 Å². The highest BCUT2D eigenvalue weighted by atomic mass is 16.3. The van der Waals surface area contributed by atoms with Gasteiger partial charge in [0.2, 0.25) is 5.82 Å². The summed E-state index contributed by atoms with van der Waals surface area (Å²) in [5.74, 6) is 8.44. The number of phenolic OH excluding ortho intramolecular Hbond substituents is 1. The van der Waals surface area contributed by atoms with Crippen LogP contribution in [-0.4, -0.2) is 75.5 Å². The van der Waals surface area contributed by atoms with Crippen LogP contribution in [0, 0.1) is 11.8 Å². The van der Waals surface area contributed by atoms with Gasteiger partial charge < -0.3 is 20.6 Å². The molecule has 0 bridgehead atoms. The number of hydrogen-bond acceptors (Lipinski definition) is 9. The van der Waals surface area contributed by atoms with Crippen LogP contribution in [0.1, 0.15) is 38.4 Å². The van der Waals surface area contributed by atoms with Gasteiger partial charge in [-0.05, 0) is 69.5 Å². The minimum absolute atomic E-state index is 0.168. The maximum atomic E-state index is 10.3. The van der Waals surface area contributed by atoms with Crippen molar-refractivity contribution in [1.82, 2.24) is 25.1 Å². The van der Waals surface area contributed by atoms with E-state index >= 15 is 0 Å². The van der Waals surface area contributed by atoms with Crippen LogP contribution in [0.4, 0.5) is 17.3 Å². The summed E-state index contributed by atoms with van der Waals surface area (Å²) in [4.78, 5) is 16.1. The van der Waals surface area contributed by atoms with Crippen molar-refractivity contribution < 1.29 is 5.11 Å². The van der Waals surface area contributed by atoms with Crippen LogP contribution in [0.3, 0.4) is 0 Å². The van der Waals surface area contributed by atoms with Crippen LogP contribution in [0.2, 0.25) is 0 Å². The third-order valence-corrected chi connectivity index (χ3v) is 7.17. The molecule has 3 N–H and O–H groups in total. The predicted molar refractivity (Wildman–Crippen MR) is 146 cm³/mol. The third kappa shape index (κ3) is 5.92. The Balaban J connectivity index is 1.30. The molecule has 2 fully saturated rings. The van der Waals surface area contributed by atoms with Crippen LogP contribution in [0.25, 0.3) is 11.3 Å². The monoisotopic (exact) mass is 498 g/mol. The molecule has 3 aromatic rings. The van der Waals surface area contributed by atoms with Gasteiger partial charge in [0.05, 0.1) is 17.9 Å². The zero-order valence-electron chi connectivity index (χ0n) is 21.3. The van der Waals surface area contributed by atoms with Gasteiger partial charge in [-0.3, -0.25) is 4.90 Å². The largest absolute Gasteiger partial charge is 0.507 e. The predicted octanol–water partition coefficient (Wildman–Crippen LogP) is 3.16. The molecule has 0 spiro atoms. The Kier molecular flexibility index (Phi) is 7.66. The molecular weight excluding hydrogens is 464 g/mol. The number of nitrogen functional groups attached to an aromatic ring is 1. The number of anilines is 3. The Labute approximate surface area is 218 Å². The number of aromatic hydroxyl groups is 1. The van der Waals surface area contributed by atoms with Crippen LogP contribution in [0.15, 0.2) is 42.6 Å². The summed E-state index contributed by atoms with van der Waals surface area (Å²) < 4.78 is 0. The average molecular weight is 499 g/mol. The molecule has 5 rings (SSSR count). The summed E-state index contributed by atoms with van der Waals surface area (Å²) >= 11 is 0. The molecule has 37 heavy (non-hydrogen) atoms. The summed E-state index contributed by atoms with van der Waals surface area (Å²) in [6.45, 7) is 7.59. The van der Waals surface area contributed by atoms with Gasteiger partial charge in [0.15, 0.2) is 5.82 Å². The first kappa shape index (κ1) is 24.8. The molecule has 0 unspecified atom stereocenters. The highest BCUT2D eigenvalue weighted by molar-refractivity contribution is 5.74. The van der Waals surface area contributed by atoms with E-state index in [1.165, 1.54) is 19.3 Å². The maximum absolute atomic E-state index is 10.3. The molecule has 0 radical (unpaired) electrons. The molecule has 192 valence electrons. The van der Waals surface area contributed by atoms with E-state index in [2.05, 4.69) is 48.6 Å². The Hall–Kier alpha value is -3.90. The van der Waals surface area contributed by atoms with Crippen molar-refractivity contribution in [3.63, 3.8) is 0 Å². The van der Waals surface area contributed by atoms with E-state index < -0.39 is 0 Å². The van der Waals surface area contributed by atoms with Gasteiger partial charge in [-0.15, -0.1) is 10.2 Å². The second-order valence-corrected chi connectivity index (χ2v) is 9.71. The summed E-state index contributed by atoms with van der Waals surface area (Å²) in [5, 5.41) is 18.7. The molecule has 9 heteroatoms. The zero-order chi connectivity index (χ0) is 25.6. The Morgan fingerprint density at radius 1 is 1.03 bits per heavy atom. The number of nitrogens with zero attached hydrogens (tertiary/aromatic N) is 7. The highest BCUT2D eigenvalue weighted by Gasteiger charge is 2.24. The molecule has 1 aromatic carbocycles. The van der Waals surface area contributed by atoms with E-state index in [9.17, 15) is 5.11 Å². The first-order valence-electron chi connectivity index (χ1n) is 13.1. The number of aromatic nitrogens is 4. The Morgan fingerprint density at radius 3 is 2.70 bits per heavy atom. The molecule has 9 nitrogen and oxygen atoms in total. The molecule has 4 heterocycles. The molecule has 2 aliphatic heterocycles. The third-order valence-electron chi connectivity index (χ3n) is 7.17. The SMILES string of the molecule is C[C@@H]1CCN(c2cc(-c3ccccc3O)nnc2N)CCN1c1ccnc(C#CCN2CCCCC2)n1. The van der Waals surface area contributed by atoms with Crippen molar-refractivity contribution >= 4 is 17.3 Å². The number of rotatable bonds is 4. The minimum Gasteiger partial charge on any atom is -0.507 e. The number of phenols is 1. The van der Waals surface area contributed by atoms with Crippen LogP contribution < -0.4 is 15.5 Å². The first-order chi connectivity index (χ1) is 18.1. The van der Waals surface area contributed by atoms with Crippen LogP contribution >= 0.6 is 0 Å². The van der Waals surface area contributed by atoms with Gasteiger partial charge in [0.1, 0.15) is 11.6 Å². The van der Waals surface area contributed by atoms with Crippen molar-refractivity contribution in [1.29, 1.82) is 0 Å². The second kappa shape index (κ2) is 11.4. The van der Waals surface area contributed by atoms with E-state index in [-0.39, 0.29) is 11.8 Å². The second-order valence-electron chi connectivity index (χ2n) is 9.71. The number of likely N-dealkylation sites (tertiary alicyclic amines) is 1. The quantitative estimate of drug-likeness (QED) is 0.525. The van der Waals surface area contributed by atoms with E-state index in [4.69, 9.17) is 10.7 Å². The smallest absolute Gasteiger partial charge is 0.206 e. The topological polar surface area (TPSA) is 108 Å². The van der Waals surface area contributed by atoms with Crippen molar-refractivity contribution in [3.05, 3.63) is 48.4 Å². The number of nitrogens with two attached hydrogens (primary N) is 1. The lowest BCUT2D eigenvalue weighted by Gasteiger charge is -2.28. The van der Waals surface area contributed by atoms with Gasteiger partial charge in [-0.1, -0.05) is 24.5 Å². The van der Waals surface area contributed by atoms with Crippen LogP contribution in [-0.2, 0) is 0 Å². The van der Waals surface area contributed by atoms with Gasteiger partial charge in [0.25, 0.3) is 0 Å². The fourth-order valence-corrected chi connectivity index (χ4v) is 5.02. The Bertz CT molecular complexity index is 1280. The van der Waals surface area contributed by atoms with E-state index in [1.54, 1.807) is 18.3 Å². The molecular formula is C28H34N8O. The van der Waals surface area contributed by atoms with Gasteiger partial charge in [0, 0.05) is 37.4 Å². The highest BCUT2D eigenvalue weighted by Crippen LogP contribution is 2.32. The lowest BCUT2D eigenvalue weighted by Crippen LogP contribution is -2.35. The van der Waals surface area contributed by atoms with Crippen molar-refractivity contribution in [2.24, 2.45) is 0 Å². The number of benzene rings is 1. The molecule has 0 amide bonds. The molecule has 2 aliphatic rings. The summed E-state index contributed by atoms with van der Waals surface area (Å²) in [7, 11) is 0. The van der Waals surface area contributed by atoms with Gasteiger partial charge in [-0.25, -0.2) is 9.97 Å². The Morgan fingerprint density at radius 2 is 1.86 bits per heavy atom. The molecule has 0 aliphatic carbocycles. The lowest BCUT2D eigenvalue weighted by atomic mass is 10.1. The number of para-hydroxylation sites is 1. The van der Waals surface area contributed by atoms with E-state index in [0.29, 0.717) is 22.9 Å². The summed E-state index contributed by atoms with van der Waals surface area (Å²) in [5.41, 5.74) is 8.32. The number of piperidine rings is 1. The fraction of sp³-hybridized carbons (Fsp3) is 0.429. The molecule has 2 saturated heterocycles. The molecule has 1 atom stereocenters. The van der Waals surface area contributed by atoms with Crippen molar-refractivity contribution in [2.45, 2.75) is 38.6 Å². The van der Waals surface area contributed by atoms with Crippen molar-refractivity contribution in [3.8, 4) is 28.8 Å². The number of hydrogen-bond donors (Lipinski definition) is 2. The molecule has 0 saturated carbocycles. The summed E-state index contributed by atoms with van der Waals surface area (Å²) in [6.07, 6.45) is 6.56. The zero-order valence-corrected chi connectivity index (χ0v) is 21.3. The minimum atomic E-state index is 0.168. The first-order valence-corrected chi connectivity index (χ1v) is 13.1. The lowest BCUT2D eigenvalue weighted by molar-refractivity contribution is 0.255. The standard InChI is InChI=1S/C28H34N8O/c1-21-12-17-35(24-20-23(32-33-28(24)29)22-8-3-4-9-25(22)37)18-19-36(21)27-11-13-30-26(31-27)10-7-16-34-14-5-2-6-15-34/h3-4,8-9,11,13,20-21,37H,2,5-6,12,14-19H2,1H3,(H2,29,33)/t21-/m1/s1. The molecule has 2 aromatic heterocycles. The van der Waals surface area contributed by atoms with Gasteiger partial charge >= 0.3 is 0 Å². The maximum Gasteiger partial charge on any atom is 0.206 e. The van der Waals surface area contributed by atoms with Gasteiger partial charge in [-0.2, -0.15) is 0 Å². The normalized spacial score (nSPS) is 18.7. The summed E-state index contributed by atoms with van der Waals surface area (Å²) in [6, 6.07) is 11.3. The van der Waals surface area contributed by atoms with E-state index in [1.807, 2.05) is 24.3 Å². The van der Waals surface area contributed by atoms with Crippen molar-refractivity contribution in [2.75, 3.05) is 54.8 Å². The fourth-order valence-electron chi connectivity index (χ4n) is 5.02. The average Bonchev–Trinajstić information content (AvgIpc) is 3.12.